The number of pyridine rings is 1. The zero-order valence-corrected chi connectivity index (χ0v) is 18.9. The number of hydrogen-bond donors (Lipinski definition) is 1. The van der Waals surface area contributed by atoms with E-state index in [0.717, 1.165) is 68.6 Å². The third-order valence-corrected chi connectivity index (χ3v) is 6.64. The summed E-state index contributed by atoms with van der Waals surface area (Å²) in [6.45, 7) is 3.48. The minimum Gasteiger partial charge on any atom is -0.356 e. The van der Waals surface area contributed by atoms with E-state index in [4.69, 9.17) is 4.98 Å². The van der Waals surface area contributed by atoms with Crippen LogP contribution in [0.2, 0.25) is 0 Å². The van der Waals surface area contributed by atoms with Crippen LogP contribution >= 0.6 is 0 Å². The molecule has 3 heterocycles. The number of likely N-dealkylation sites (tertiary alicyclic amines) is 1. The third kappa shape index (κ3) is 4.70. The summed E-state index contributed by atoms with van der Waals surface area (Å²) in [5.41, 5.74) is 2.82. The van der Waals surface area contributed by atoms with E-state index in [9.17, 15) is 9.59 Å². The molecule has 1 N–H and O–H groups in total. The molecule has 1 aromatic heterocycles. The molecule has 2 amide bonds. The Morgan fingerprint density at radius 1 is 0.788 bits per heavy atom. The largest absolute Gasteiger partial charge is 0.356 e. The molecule has 0 bridgehead atoms. The maximum absolute atomic E-state index is 13.3. The minimum absolute atomic E-state index is 0.0739. The van der Waals surface area contributed by atoms with Crippen molar-refractivity contribution in [2.45, 2.75) is 38.5 Å². The molecule has 2 aliphatic rings. The predicted octanol–water partition coefficient (Wildman–Crippen LogP) is 5.10. The highest BCUT2D eigenvalue weighted by atomic mass is 16.2. The maximum Gasteiger partial charge on any atom is 0.259 e. The topological polar surface area (TPSA) is 65.5 Å². The van der Waals surface area contributed by atoms with Gasteiger partial charge in [-0.1, -0.05) is 31.0 Å². The second-order valence-corrected chi connectivity index (χ2v) is 8.98. The average Bonchev–Trinajstić information content (AvgIpc) is 3.25. The smallest absolute Gasteiger partial charge is 0.259 e. The zero-order chi connectivity index (χ0) is 22.6. The minimum atomic E-state index is -0.179. The van der Waals surface area contributed by atoms with Gasteiger partial charge in [-0.05, 0) is 62.1 Å². The van der Waals surface area contributed by atoms with Gasteiger partial charge < -0.3 is 15.1 Å². The Morgan fingerprint density at radius 3 is 2.18 bits per heavy atom. The summed E-state index contributed by atoms with van der Waals surface area (Å²) < 4.78 is 0. The van der Waals surface area contributed by atoms with Crippen LogP contribution in [-0.2, 0) is 0 Å². The Balaban J connectivity index is 1.36. The van der Waals surface area contributed by atoms with E-state index in [-0.39, 0.29) is 11.8 Å². The van der Waals surface area contributed by atoms with Crippen LogP contribution in [0, 0.1) is 0 Å². The Labute approximate surface area is 194 Å². The highest BCUT2D eigenvalue weighted by molar-refractivity contribution is 6.09. The number of carbonyl (C=O) groups excluding carboxylic acids is 2. The first-order valence-electron chi connectivity index (χ1n) is 12.0. The molecule has 0 saturated carbocycles. The number of rotatable bonds is 4. The molecule has 0 radical (unpaired) electrons. The van der Waals surface area contributed by atoms with Crippen LogP contribution in [0.1, 0.15) is 59.2 Å². The number of hydrogen-bond acceptors (Lipinski definition) is 4. The lowest BCUT2D eigenvalue weighted by molar-refractivity contribution is 0.0761. The van der Waals surface area contributed by atoms with Crippen molar-refractivity contribution in [2.24, 2.45) is 0 Å². The van der Waals surface area contributed by atoms with Crippen molar-refractivity contribution in [2.75, 3.05) is 36.4 Å². The summed E-state index contributed by atoms with van der Waals surface area (Å²) in [5.74, 6) is 0.642. The Kier molecular flexibility index (Phi) is 6.24. The molecular formula is C27H30N4O2. The summed E-state index contributed by atoms with van der Waals surface area (Å²) >= 11 is 0. The quantitative estimate of drug-likeness (QED) is 0.610. The second kappa shape index (κ2) is 9.61. The van der Waals surface area contributed by atoms with Gasteiger partial charge in [0.25, 0.3) is 11.8 Å². The summed E-state index contributed by atoms with van der Waals surface area (Å²) in [4.78, 5) is 35.1. The van der Waals surface area contributed by atoms with Crippen molar-refractivity contribution in [3.8, 4) is 0 Å². The van der Waals surface area contributed by atoms with Crippen LogP contribution in [0.4, 0.5) is 11.5 Å². The summed E-state index contributed by atoms with van der Waals surface area (Å²) in [6, 6.07) is 17.1. The molecule has 0 unspecified atom stereocenters. The number of nitrogens with zero attached hydrogens (tertiary/aromatic N) is 3. The maximum atomic E-state index is 13.3. The highest BCUT2D eigenvalue weighted by Gasteiger charge is 2.22. The van der Waals surface area contributed by atoms with Gasteiger partial charge in [-0.15, -0.1) is 0 Å². The molecule has 0 spiro atoms. The van der Waals surface area contributed by atoms with Crippen LogP contribution in [0.25, 0.3) is 10.9 Å². The molecule has 6 heteroatoms. The molecule has 2 aromatic carbocycles. The number of fused-ring (bicyclic) bond motifs is 1. The molecule has 0 aliphatic carbocycles. The Hall–Kier alpha value is -3.41. The van der Waals surface area contributed by atoms with Gasteiger partial charge in [-0.25, -0.2) is 4.98 Å². The van der Waals surface area contributed by atoms with Gasteiger partial charge in [0.05, 0.1) is 11.1 Å². The summed E-state index contributed by atoms with van der Waals surface area (Å²) in [7, 11) is 0. The normalized spacial score (nSPS) is 16.6. The van der Waals surface area contributed by atoms with Crippen molar-refractivity contribution in [3.05, 3.63) is 65.7 Å². The van der Waals surface area contributed by atoms with Crippen molar-refractivity contribution in [3.63, 3.8) is 0 Å². The lowest BCUT2D eigenvalue weighted by Gasteiger charge is -2.21. The number of amides is 2. The lowest BCUT2D eigenvalue weighted by atomic mass is 10.1. The Bertz CT molecular complexity index is 1140. The first-order chi connectivity index (χ1) is 16.2. The molecule has 0 atom stereocenters. The Morgan fingerprint density at radius 2 is 1.45 bits per heavy atom. The molecule has 170 valence electrons. The number of anilines is 2. The van der Waals surface area contributed by atoms with E-state index in [0.29, 0.717) is 16.8 Å². The summed E-state index contributed by atoms with van der Waals surface area (Å²) in [6.07, 6.45) is 6.75. The predicted molar refractivity (Wildman–Crippen MR) is 132 cm³/mol. The zero-order valence-electron chi connectivity index (χ0n) is 18.9. The first kappa shape index (κ1) is 21.4. The fourth-order valence-corrected chi connectivity index (χ4v) is 4.79. The number of benzene rings is 2. The van der Waals surface area contributed by atoms with E-state index in [1.165, 1.54) is 12.8 Å². The van der Waals surface area contributed by atoms with Gasteiger partial charge >= 0.3 is 0 Å². The highest BCUT2D eigenvalue weighted by Crippen LogP contribution is 2.27. The van der Waals surface area contributed by atoms with E-state index in [1.54, 1.807) is 0 Å². The van der Waals surface area contributed by atoms with Crippen LogP contribution in [-0.4, -0.2) is 47.9 Å². The molecule has 2 saturated heterocycles. The van der Waals surface area contributed by atoms with Crippen LogP contribution in [0.15, 0.2) is 54.6 Å². The monoisotopic (exact) mass is 442 g/mol. The molecule has 2 fully saturated rings. The van der Waals surface area contributed by atoms with Gasteiger partial charge in [-0.3, -0.25) is 9.59 Å². The van der Waals surface area contributed by atoms with Crippen LogP contribution < -0.4 is 10.2 Å². The standard InChI is InChI=1S/C27H30N4O2/c32-26(23-19-21-9-3-4-10-24(21)29-25(23)30-15-7-8-16-30)28-22-13-11-20(12-14-22)27(33)31-17-5-1-2-6-18-31/h3-4,9-14,19H,1-2,5-8,15-18H2,(H,28,32). The number of para-hydroxylation sites is 1. The van der Waals surface area contributed by atoms with Gasteiger partial charge in [0.1, 0.15) is 5.82 Å². The lowest BCUT2D eigenvalue weighted by Crippen LogP contribution is -2.31. The van der Waals surface area contributed by atoms with Crippen molar-refractivity contribution in [1.29, 1.82) is 0 Å². The molecular weight excluding hydrogens is 412 g/mol. The molecule has 33 heavy (non-hydrogen) atoms. The van der Waals surface area contributed by atoms with Crippen molar-refractivity contribution >= 4 is 34.2 Å². The van der Waals surface area contributed by atoms with Crippen LogP contribution in [0.3, 0.4) is 0 Å². The molecule has 5 rings (SSSR count). The number of nitrogens with one attached hydrogen (secondary N) is 1. The fourth-order valence-electron chi connectivity index (χ4n) is 4.79. The van der Waals surface area contributed by atoms with Gasteiger partial charge in [-0.2, -0.15) is 0 Å². The van der Waals surface area contributed by atoms with E-state index < -0.39 is 0 Å². The summed E-state index contributed by atoms with van der Waals surface area (Å²) in [5, 5.41) is 3.96. The van der Waals surface area contributed by atoms with E-state index in [1.807, 2.05) is 59.5 Å². The molecule has 2 aliphatic heterocycles. The van der Waals surface area contributed by atoms with Gasteiger partial charge in [0.15, 0.2) is 0 Å². The van der Waals surface area contributed by atoms with Crippen molar-refractivity contribution < 1.29 is 9.59 Å². The fraction of sp³-hybridized carbons (Fsp3) is 0.370. The van der Waals surface area contributed by atoms with Crippen molar-refractivity contribution in [1.82, 2.24) is 9.88 Å². The first-order valence-corrected chi connectivity index (χ1v) is 12.0. The second-order valence-electron chi connectivity index (χ2n) is 8.98. The number of carbonyl (C=O) groups is 2. The van der Waals surface area contributed by atoms with E-state index in [2.05, 4.69) is 10.2 Å². The molecule has 6 nitrogen and oxygen atoms in total. The average molecular weight is 443 g/mol. The SMILES string of the molecule is O=C(Nc1ccc(C(=O)N2CCCCCC2)cc1)c1cc2ccccc2nc1N1CCCC1. The van der Waals surface area contributed by atoms with Gasteiger partial charge in [0.2, 0.25) is 0 Å². The van der Waals surface area contributed by atoms with Gasteiger partial charge in [0, 0.05) is 42.8 Å². The molecule has 3 aromatic rings. The van der Waals surface area contributed by atoms with Crippen LogP contribution in [0.5, 0.6) is 0 Å². The van der Waals surface area contributed by atoms with E-state index >= 15 is 0 Å². The third-order valence-electron chi connectivity index (χ3n) is 6.64. The number of aromatic nitrogens is 1.